The minimum absolute atomic E-state index is 0.147. The van der Waals surface area contributed by atoms with Gasteiger partial charge in [0.05, 0.1) is 18.2 Å². The largest absolute Gasteiger partial charge is 0.416 e. The molecule has 2 fully saturated rings. The van der Waals surface area contributed by atoms with E-state index in [4.69, 9.17) is 0 Å². The highest BCUT2D eigenvalue weighted by Gasteiger charge is 2.40. The first kappa shape index (κ1) is 16.3. The predicted octanol–water partition coefficient (Wildman–Crippen LogP) is 2.63. The van der Waals surface area contributed by atoms with Gasteiger partial charge in [0, 0.05) is 17.8 Å². The van der Waals surface area contributed by atoms with Crippen molar-refractivity contribution in [2.75, 3.05) is 11.9 Å². The number of benzene rings is 1. The molecule has 0 saturated carbocycles. The number of carbonyl (C=O) groups is 1. The molecule has 7 heteroatoms. The Hall–Kier alpha value is -1.60. The molecule has 1 aromatic carbocycles. The summed E-state index contributed by atoms with van der Waals surface area (Å²) in [5.41, 5.74) is -0.634. The number of piperidine rings is 1. The summed E-state index contributed by atoms with van der Waals surface area (Å²) in [4.78, 5) is 14.2. The van der Waals surface area contributed by atoms with Gasteiger partial charge in [0.15, 0.2) is 0 Å². The maximum absolute atomic E-state index is 12.7. The highest BCUT2D eigenvalue weighted by atomic mass is 19.4. The quantitative estimate of drug-likeness (QED) is 0.897. The lowest BCUT2D eigenvalue weighted by Gasteiger charge is -2.36. The fraction of sp³-hybridized carbons (Fsp3) is 0.562. The van der Waals surface area contributed by atoms with E-state index in [2.05, 4.69) is 10.2 Å². The number of alkyl halides is 3. The number of nitrogens with one attached hydrogen (secondary N) is 1. The molecule has 2 N–H and O–H groups in total. The Kier molecular flexibility index (Phi) is 4.33. The number of hydrogen-bond donors (Lipinski definition) is 2. The number of halogens is 3. The molecule has 1 aromatic rings. The molecular formula is C16H19F3N2O2. The van der Waals surface area contributed by atoms with E-state index in [1.54, 1.807) is 0 Å². The van der Waals surface area contributed by atoms with Crippen LogP contribution in [0.5, 0.6) is 0 Å². The van der Waals surface area contributed by atoms with Gasteiger partial charge in [-0.15, -0.1) is 0 Å². The summed E-state index contributed by atoms with van der Waals surface area (Å²) in [5.74, 6) is -0.322. The number of amides is 1. The number of aliphatic hydroxyl groups is 1. The Labute approximate surface area is 132 Å². The summed E-state index contributed by atoms with van der Waals surface area (Å²) in [6.45, 7) is 0.151. The lowest BCUT2D eigenvalue weighted by atomic mass is 10.00. The zero-order chi connectivity index (χ0) is 16.6. The van der Waals surface area contributed by atoms with E-state index in [0.717, 1.165) is 25.0 Å². The van der Waals surface area contributed by atoms with Crippen molar-refractivity contribution in [3.63, 3.8) is 0 Å². The molecule has 126 valence electrons. The fourth-order valence-corrected chi connectivity index (χ4v) is 3.64. The smallest absolute Gasteiger partial charge is 0.393 e. The third-order valence-corrected chi connectivity index (χ3v) is 4.66. The second kappa shape index (κ2) is 6.13. The van der Waals surface area contributed by atoms with E-state index in [1.807, 2.05) is 0 Å². The molecule has 0 spiro atoms. The highest BCUT2D eigenvalue weighted by molar-refractivity contribution is 5.92. The first-order chi connectivity index (χ1) is 10.8. The lowest BCUT2D eigenvalue weighted by molar-refractivity contribution is -0.137. The van der Waals surface area contributed by atoms with Gasteiger partial charge in [-0.05, 0) is 43.9 Å². The molecule has 2 saturated heterocycles. The number of fused-ring (bicyclic) bond motifs is 2. The number of hydrogen-bond acceptors (Lipinski definition) is 3. The van der Waals surface area contributed by atoms with E-state index in [9.17, 15) is 23.1 Å². The standard InChI is InChI=1S/C16H19F3N2O2/c17-16(18,19)10-2-1-3-11(6-10)20-15(23)9-21-12-4-5-13(21)8-14(22)7-12/h1-3,6,12-14,22H,4-5,7-9H2,(H,20,23). The van der Waals surface area contributed by atoms with Crippen LogP contribution in [-0.4, -0.2) is 40.6 Å². The lowest BCUT2D eigenvalue weighted by Crippen LogP contribution is -2.47. The first-order valence-electron chi connectivity index (χ1n) is 7.74. The topological polar surface area (TPSA) is 52.6 Å². The second-order valence-corrected chi connectivity index (χ2v) is 6.31. The van der Waals surface area contributed by atoms with Crippen molar-refractivity contribution >= 4 is 11.6 Å². The molecular weight excluding hydrogens is 309 g/mol. The van der Waals surface area contributed by atoms with Crippen LogP contribution in [0.3, 0.4) is 0 Å². The summed E-state index contributed by atoms with van der Waals surface area (Å²) in [6, 6.07) is 5.02. The SMILES string of the molecule is O=C(CN1C2CCC1CC(O)C2)Nc1cccc(C(F)(F)F)c1. The van der Waals surface area contributed by atoms with E-state index in [1.165, 1.54) is 12.1 Å². The van der Waals surface area contributed by atoms with Crippen LogP contribution in [0, 0.1) is 0 Å². The molecule has 2 aliphatic rings. The molecule has 1 amide bonds. The molecule has 2 aliphatic heterocycles. The Morgan fingerprint density at radius 2 is 1.91 bits per heavy atom. The summed E-state index contributed by atoms with van der Waals surface area (Å²) in [6.07, 6.45) is -1.50. The normalized spacial score (nSPS) is 27.9. The van der Waals surface area contributed by atoms with Gasteiger partial charge < -0.3 is 10.4 Å². The van der Waals surface area contributed by atoms with Gasteiger partial charge in [-0.1, -0.05) is 6.07 Å². The zero-order valence-electron chi connectivity index (χ0n) is 12.5. The van der Waals surface area contributed by atoms with Gasteiger partial charge in [0.2, 0.25) is 5.91 Å². The Bertz CT molecular complexity index is 577. The average Bonchev–Trinajstić information content (AvgIpc) is 2.69. The molecule has 0 aliphatic carbocycles. The van der Waals surface area contributed by atoms with Crippen LogP contribution >= 0.6 is 0 Å². The minimum atomic E-state index is -4.43. The van der Waals surface area contributed by atoms with Crippen molar-refractivity contribution in [2.24, 2.45) is 0 Å². The molecule has 2 bridgehead atoms. The summed E-state index contributed by atoms with van der Waals surface area (Å²) < 4.78 is 38.0. The van der Waals surface area contributed by atoms with Crippen molar-refractivity contribution < 1.29 is 23.1 Å². The number of carbonyl (C=O) groups excluding carboxylic acids is 1. The van der Waals surface area contributed by atoms with E-state index in [0.29, 0.717) is 12.8 Å². The van der Waals surface area contributed by atoms with E-state index in [-0.39, 0.29) is 36.3 Å². The third-order valence-electron chi connectivity index (χ3n) is 4.66. The van der Waals surface area contributed by atoms with Crippen LogP contribution in [0.2, 0.25) is 0 Å². The number of anilines is 1. The molecule has 23 heavy (non-hydrogen) atoms. The van der Waals surface area contributed by atoms with Gasteiger partial charge in [-0.2, -0.15) is 13.2 Å². The van der Waals surface area contributed by atoms with Gasteiger partial charge >= 0.3 is 6.18 Å². The summed E-state index contributed by atoms with van der Waals surface area (Å²) in [7, 11) is 0. The van der Waals surface area contributed by atoms with Gasteiger partial charge in [0.1, 0.15) is 0 Å². The van der Waals surface area contributed by atoms with Gasteiger partial charge in [0.25, 0.3) is 0 Å². The molecule has 0 radical (unpaired) electrons. The summed E-state index contributed by atoms with van der Waals surface area (Å²) >= 11 is 0. The maximum Gasteiger partial charge on any atom is 0.416 e. The van der Waals surface area contributed by atoms with E-state index >= 15 is 0 Å². The van der Waals surface area contributed by atoms with Crippen molar-refractivity contribution in [1.82, 2.24) is 4.90 Å². The van der Waals surface area contributed by atoms with Crippen LogP contribution in [0.15, 0.2) is 24.3 Å². The van der Waals surface area contributed by atoms with Gasteiger partial charge in [-0.25, -0.2) is 0 Å². The Morgan fingerprint density at radius 1 is 1.26 bits per heavy atom. The van der Waals surface area contributed by atoms with Crippen LogP contribution in [0.1, 0.15) is 31.2 Å². The minimum Gasteiger partial charge on any atom is -0.393 e. The molecule has 2 heterocycles. The zero-order valence-corrected chi connectivity index (χ0v) is 12.5. The van der Waals surface area contributed by atoms with Crippen molar-refractivity contribution in [1.29, 1.82) is 0 Å². The average molecular weight is 328 g/mol. The van der Waals surface area contributed by atoms with Crippen molar-refractivity contribution in [3.8, 4) is 0 Å². The van der Waals surface area contributed by atoms with Crippen LogP contribution in [0.4, 0.5) is 18.9 Å². The number of nitrogens with zero attached hydrogens (tertiary/aromatic N) is 1. The second-order valence-electron chi connectivity index (χ2n) is 6.31. The van der Waals surface area contributed by atoms with Crippen molar-refractivity contribution in [3.05, 3.63) is 29.8 Å². The van der Waals surface area contributed by atoms with Crippen LogP contribution in [-0.2, 0) is 11.0 Å². The monoisotopic (exact) mass is 328 g/mol. The number of aliphatic hydroxyl groups excluding tert-OH is 1. The Balaban J connectivity index is 1.62. The number of rotatable bonds is 3. The molecule has 2 unspecified atom stereocenters. The van der Waals surface area contributed by atoms with Gasteiger partial charge in [-0.3, -0.25) is 9.69 Å². The van der Waals surface area contributed by atoms with Crippen LogP contribution < -0.4 is 5.32 Å². The summed E-state index contributed by atoms with van der Waals surface area (Å²) in [5, 5.41) is 12.3. The molecule has 3 rings (SSSR count). The first-order valence-corrected chi connectivity index (χ1v) is 7.74. The fourth-order valence-electron chi connectivity index (χ4n) is 3.64. The molecule has 4 nitrogen and oxygen atoms in total. The van der Waals surface area contributed by atoms with E-state index < -0.39 is 11.7 Å². The third kappa shape index (κ3) is 3.67. The van der Waals surface area contributed by atoms with Crippen molar-refractivity contribution in [2.45, 2.75) is 50.0 Å². The molecule has 0 aromatic heterocycles. The predicted molar refractivity (Wildman–Crippen MR) is 78.8 cm³/mol. The Morgan fingerprint density at radius 3 is 2.52 bits per heavy atom. The molecule has 2 atom stereocenters. The highest BCUT2D eigenvalue weighted by Crippen LogP contribution is 2.35. The van der Waals surface area contributed by atoms with Crippen LogP contribution in [0.25, 0.3) is 0 Å². The maximum atomic E-state index is 12.7.